The second-order valence-electron chi connectivity index (χ2n) is 16.8. The summed E-state index contributed by atoms with van der Waals surface area (Å²) in [6.07, 6.45) is 2.75. The number of unbranched alkanes of at least 4 members (excludes halogenated alkanes) is 2. The van der Waals surface area contributed by atoms with Gasteiger partial charge in [-0.2, -0.15) is 0 Å². The Hall–Kier alpha value is -4.04. The first-order chi connectivity index (χ1) is 28.1. The third kappa shape index (κ3) is 23.1. The van der Waals surface area contributed by atoms with Crippen molar-refractivity contribution in [1.82, 2.24) is 31.5 Å². The molecular formula is C41H72N6O13. The van der Waals surface area contributed by atoms with Crippen molar-refractivity contribution < 1.29 is 62.0 Å². The summed E-state index contributed by atoms with van der Waals surface area (Å²) in [6, 6.07) is -2.86. The minimum atomic E-state index is -0.992. The molecule has 0 aliphatic carbocycles. The maximum Gasteiger partial charge on any atom is 0.244 e. The lowest BCUT2D eigenvalue weighted by atomic mass is 9.80. The molecule has 60 heavy (non-hydrogen) atoms. The lowest BCUT2D eigenvalue weighted by Gasteiger charge is -2.24. The molecule has 1 rings (SSSR count). The molecular weight excluding hydrogens is 784 g/mol. The van der Waals surface area contributed by atoms with Crippen LogP contribution in [0.3, 0.4) is 0 Å². The van der Waals surface area contributed by atoms with E-state index >= 15 is 0 Å². The summed E-state index contributed by atoms with van der Waals surface area (Å²) in [5.74, 6) is -2.80. The van der Waals surface area contributed by atoms with Gasteiger partial charge >= 0.3 is 0 Å². The van der Waals surface area contributed by atoms with E-state index in [0.29, 0.717) is 72.0 Å². The zero-order valence-electron chi connectivity index (χ0n) is 37.3. The number of carbonyl (C=O) groups is 8. The first kappa shape index (κ1) is 54.0. The number of carbonyl (C=O) groups excluding carboxylic acids is 8. The molecule has 1 aliphatic rings. The van der Waals surface area contributed by atoms with Crippen LogP contribution in [0, 0.1) is 16.7 Å². The Morgan fingerprint density at radius 1 is 0.617 bits per heavy atom. The Balaban J connectivity index is 1.99. The van der Waals surface area contributed by atoms with E-state index in [0.717, 1.165) is 6.42 Å². The van der Waals surface area contributed by atoms with Gasteiger partial charge < -0.3 is 50.3 Å². The molecule has 7 amide bonds. The highest BCUT2D eigenvalue weighted by molar-refractivity contribution is 6.03. The quantitative estimate of drug-likeness (QED) is 0.0368. The highest BCUT2D eigenvalue weighted by atomic mass is 16.6. The molecule has 1 saturated heterocycles. The van der Waals surface area contributed by atoms with Crippen LogP contribution < -0.4 is 26.6 Å². The van der Waals surface area contributed by atoms with Gasteiger partial charge in [-0.05, 0) is 39.0 Å². The molecule has 1 fully saturated rings. The Morgan fingerprint density at radius 2 is 1.13 bits per heavy atom. The van der Waals surface area contributed by atoms with Crippen LogP contribution in [0.1, 0.15) is 101 Å². The van der Waals surface area contributed by atoms with Crippen LogP contribution in [-0.2, 0) is 62.0 Å². The first-order valence-corrected chi connectivity index (χ1v) is 20.9. The standard InChI is InChI=1S/C41H72N6O13/c1-28(36(52)43-27-60-26-32(48)41(7,8)9)45-38(54)30(3)46-37(53)29(2)44-34(50)14-17-56-19-21-58-23-24-59-22-20-57-18-15-42-33(49)13-11-10-12-16-47-35(51)25-31(39(47)55)40(4,5)6/h28-31H,10-27H2,1-9H3,(H,42,49)(H,43,52)(H,44,50)(H,45,54)(H,46,53)/t28-,29-,30+,31?/m0/s1. The van der Waals surface area contributed by atoms with Crippen molar-refractivity contribution in [3.8, 4) is 0 Å². The van der Waals surface area contributed by atoms with Crippen LogP contribution in [0.4, 0.5) is 0 Å². The summed E-state index contributed by atoms with van der Waals surface area (Å²) < 4.78 is 27.0. The molecule has 0 aromatic rings. The maximum absolute atomic E-state index is 12.6. The van der Waals surface area contributed by atoms with E-state index in [1.165, 1.54) is 25.7 Å². The number of ether oxygens (including phenoxy) is 5. The van der Waals surface area contributed by atoms with E-state index in [2.05, 4.69) is 26.6 Å². The molecule has 0 radical (unpaired) electrons. The molecule has 344 valence electrons. The number of imide groups is 1. The first-order valence-electron chi connectivity index (χ1n) is 20.9. The van der Waals surface area contributed by atoms with Gasteiger partial charge in [0.25, 0.3) is 0 Å². The minimum absolute atomic E-state index is 0.00664. The Morgan fingerprint density at radius 3 is 1.67 bits per heavy atom. The van der Waals surface area contributed by atoms with Gasteiger partial charge in [0.2, 0.25) is 41.4 Å². The monoisotopic (exact) mass is 857 g/mol. The summed E-state index contributed by atoms with van der Waals surface area (Å²) >= 11 is 0. The molecule has 19 nitrogen and oxygen atoms in total. The van der Waals surface area contributed by atoms with Gasteiger partial charge in [-0.3, -0.25) is 43.3 Å². The van der Waals surface area contributed by atoms with Crippen LogP contribution in [-0.4, -0.2) is 149 Å². The summed E-state index contributed by atoms with van der Waals surface area (Å²) in [7, 11) is 0. The number of hydrogen-bond acceptors (Lipinski definition) is 13. The molecule has 1 unspecified atom stereocenters. The SMILES string of the molecule is C[C@H](NC(=O)CCOCCOCCOCCOCCNC(=O)CCCCCN1C(=O)CC(C(C)(C)C)C1=O)C(=O)N[C@H](C)C(=O)N[C@@H](C)C(=O)NCOCC(=O)C(C)(C)C. The molecule has 1 aliphatic heterocycles. The number of ketones is 1. The second-order valence-corrected chi connectivity index (χ2v) is 16.8. The Bertz CT molecular complexity index is 1400. The number of amides is 7. The Kier molecular flexibility index (Phi) is 25.6. The lowest BCUT2D eigenvalue weighted by Crippen LogP contribution is -2.54. The van der Waals surface area contributed by atoms with Crippen LogP contribution in [0.2, 0.25) is 0 Å². The molecule has 0 saturated carbocycles. The van der Waals surface area contributed by atoms with E-state index in [9.17, 15) is 38.4 Å². The van der Waals surface area contributed by atoms with Crippen LogP contribution in [0.25, 0.3) is 0 Å². The van der Waals surface area contributed by atoms with E-state index in [4.69, 9.17) is 23.7 Å². The lowest BCUT2D eigenvalue weighted by molar-refractivity contribution is -0.140. The predicted octanol–water partition coefficient (Wildman–Crippen LogP) is 0.760. The van der Waals surface area contributed by atoms with Crippen LogP contribution >= 0.6 is 0 Å². The molecule has 4 atom stereocenters. The third-order valence-corrected chi connectivity index (χ3v) is 9.43. The van der Waals surface area contributed by atoms with Crippen molar-refractivity contribution >= 4 is 47.1 Å². The third-order valence-electron chi connectivity index (χ3n) is 9.43. The van der Waals surface area contributed by atoms with E-state index in [-0.39, 0.29) is 74.2 Å². The normalized spacial score (nSPS) is 15.9. The summed E-state index contributed by atoms with van der Waals surface area (Å²) in [4.78, 5) is 99.7. The van der Waals surface area contributed by atoms with Crippen LogP contribution in [0.15, 0.2) is 0 Å². The fourth-order valence-corrected chi connectivity index (χ4v) is 5.43. The number of nitrogens with one attached hydrogen (secondary N) is 5. The van der Waals surface area contributed by atoms with Crippen molar-refractivity contribution in [2.45, 2.75) is 119 Å². The van der Waals surface area contributed by atoms with Gasteiger partial charge in [-0.25, -0.2) is 0 Å². The zero-order valence-corrected chi connectivity index (χ0v) is 37.3. The molecule has 0 spiro atoms. The van der Waals surface area contributed by atoms with E-state index < -0.39 is 47.2 Å². The number of likely N-dealkylation sites (tertiary alicyclic amines) is 1. The van der Waals surface area contributed by atoms with Gasteiger partial charge in [-0.15, -0.1) is 0 Å². The van der Waals surface area contributed by atoms with Gasteiger partial charge in [-0.1, -0.05) is 48.0 Å². The maximum atomic E-state index is 12.6. The number of rotatable bonds is 31. The predicted molar refractivity (Wildman–Crippen MR) is 220 cm³/mol. The van der Waals surface area contributed by atoms with E-state index in [1.54, 1.807) is 20.8 Å². The highest BCUT2D eigenvalue weighted by Gasteiger charge is 2.44. The summed E-state index contributed by atoms with van der Waals surface area (Å²) in [5, 5.41) is 12.8. The fourth-order valence-electron chi connectivity index (χ4n) is 5.43. The second kappa shape index (κ2) is 28.5. The molecule has 0 aromatic heterocycles. The molecule has 5 N–H and O–H groups in total. The largest absolute Gasteiger partial charge is 0.379 e. The summed E-state index contributed by atoms with van der Waals surface area (Å²) in [5.41, 5.74) is -0.801. The van der Waals surface area contributed by atoms with Gasteiger partial charge in [0.15, 0.2) is 5.78 Å². The van der Waals surface area contributed by atoms with Gasteiger partial charge in [0.1, 0.15) is 31.5 Å². The zero-order chi connectivity index (χ0) is 45.3. The topological polar surface area (TPSA) is 246 Å². The smallest absolute Gasteiger partial charge is 0.244 e. The van der Waals surface area contributed by atoms with Crippen molar-refractivity contribution in [1.29, 1.82) is 0 Å². The number of nitrogens with zero attached hydrogens (tertiary/aromatic N) is 1. The number of Topliss-reactive ketones (excluding diaryl/α,β-unsaturated/α-hetero) is 1. The van der Waals surface area contributed by atoms with E-state index in [1.807, 2.05) is 20.8 Å². The minimum Gasteiger partial charge on any atom is -0.379 e. The molecule has 19 heteroatoms. The Labute approximate surface area is 355 Å². The van der Waals surface area contributed by atoms with Crippen LogP contribution in [0.5, 0.6) is 0 Å². The summed E-state index contributed by atoms with van der Waals surface area (Å²) in [6.45, 7) is 18.4. The molecule has 0 aromatic carbocycles. The number of hydrogen-bond donors (Lipinski definition) is 5. The molecule has 1 heterocycles. The van der Waals surface area contributed by atoms with Crippen molar-refractivity contribution in [2.75, 3.05) is 79.3 Å². The average molecular weight is 857 g/mol. The van der Waals surface area contributed by atoms with Crippen molar-refractivity contribution in [2.24, 2.45) is 16.7 Å². The average Bonchev–Trinajstić information content (AvgIpc) is 3.46. The van der Waals surface area contributed by atoms with Crippen molar-refractivity contribution in [3.63, 3.8) is 0 Å². The fraction of sp³-hybridized carbons (Fsp3) is 0.805. The van der Waals surface area contributed by atoms with Crippen molar-refractivity contribution in [3.05, 3.63) is 0 Å². The van der Waals surface area contributed by atoms with Gasteiger partial charge in [0.05, 0.1) is 58.8 Å². The highest BCUT2D eigenvalue weighted by Crippen LogP contribution is 2.35. The molecule has 0 bridgehead atoms. The van der Waals surface area contributed by atoms with Gasteiger partial charge in [0, 0.05) is 37.8 Å².